The van der Waals surface area contributed by atoms with Crippen LogP contribution >= 0.6 is 0 Å². The third-order valence-corrected chi connectivity index (χ3v) is 4.93. The Kier molecular flexibility index (Phi) is 4.93. The number of aromatic nitrogens is 2. The number of nitrogens with two attached hydrogens (primary N) is 1. The molecule has 6 nitrogen and oxygen atoms in total. The quantitative estimate of drug-likeness (QED) is 0.742. The van der Waals surface area contributed by atoms with Crippen LogP contribution in [-0.2, 0) is 0 Å². The average Bonchev–Trinajstić information content (AvgIpc) is 3.18. The SMILES string of the molecule is Cc1ccc(O[C@H]2CCN(c3ccc(-c4ccncc4)cc3C(N)=O)C2)nc1. The number of ether oxygens (including phenoxy) is 1. The van der Waals surface area contributed by atoms with Crippen LogP contribution in [0.5, 0.6) is 5.88 Å². The molecule has 6 heteroatoms. The zero-order valence-electron chi connectivity index (χ0n) is 15.7. The van der Waals surface area contributed by atoms with Crippen LogP contribution < -0.4 is 15.4 Å². The molecule has 1 atom stereocenters. The number of anilines is 1. The van der Waals surface area contributed by atoms with Crippen molar-refractivity contribution in [3.05, 3.63) is 72.2 Å². The summed E-state index contributed by atoms with van der Waals surface area (Å²) in [6.07, 6.45) is 6.14. The van der Waals surface area contributed by atoms with Crippen molar-refractivity contribution in [1.82, 2.24) is 9.97 Å². The zero-order valence-corrected chi connectivity index (χ0v) is 15.7. The first kappa shape index (κ1) is 18.0. The Labute approximate surface area is 164 Å². The van der Waals surface area contributed by atoms with E-state index >= 15 is 0 Å². The molecular formula is C22H22N4O2. The first-order valence-electron chi connectivity index (χ1n) is 9.28. The normalized spacial score (nSPS) is 16.2. The van der Waals surface area contributed by atoms with Crippen molar-refractivity contribution in [2.24, 2.45) is 5.73 Å². The van der Waals surface area contributed by atoms with E-state index in [1.165, 1.54) is 0 Å². The van der Waals surface area contributed by atoms with Crippen molar-refractivity contribution in [3.8, 4) is 17.0 Å². The summed E-state index contributed by atoms with van der Waals surface area (Å²) >= 11 is 0. The van der Waals surface area contributed by atoms with E-state index in [2.05, 4.69) is 14.9 Å². The van der Waals surface area contributed by atoms with Crippen LogP contribution in [0.1, 0.15) is 22.3 Å². The Morgan fingerprint density at radius 3 is 2.68 bits per heavy atom. The lowest BCUT2D eigenvalue weighted by Gasteiger charge is -2.22. The molecule has 1 saturated heterocycles. The molecule has 1 aliphatic rings. The lowest BCUT2D eigenvalue weighted by molar-refractivity contribution is 0.100. The summed E-state index contributed by atoms with van der Waals surface area (Å²) in [6, 6.07) is 13.5. The fourth-order valence-electron chi connectivity index (χ4n) is 3.47. The van der Waals surface area contributed by atoms with Crippen LogP contribution in [0.2, 0.25) is 0 Å². The van der Waals surface area contributed by atoms with Gasteiger partial charge < -0.3 is 15.4 Å². The van der Waals surface area contributed by atoms with Gasteiger partial charge >= 0.3 is 0 Å². The van der Waals surface area contributed by atoms with E-state index in [-0.39, 0.29) is 6.10 Å². The molecule has 0 unspecified atom stereocenters. The van der Waals surface area contributed by atoms with Gasteiger partial charge in [-0.05, 0) is 47.9 Å². The molecule has 4 rings (SSSR count). The van der Waals surface area contributed by atoms with E-state index in [1.807, 2.05) is 49.4 Å². The Hall–Kier alpha value is -3.41. The van der Waals surface area contributed by atoms with Gasteiger partial charge in [0.25, 0.3) is 5.91 Å². The maximum Gasteiger partial charge on any atom is 0.250 e. The van der Waals surface area contributed by atoms with Gasteiger partial charge in [0, 0.05) is 43.3 Å². The molecule has 3 heterocycles. The first-order valence-corrected chi connectivity index (χ1v) is 9.28. The Morgan fingerprint density at radius 2 is 1.96 bits per heavy atom. The van der Waals surface area contributed by atoms with Crippen LogP contribution in [-0.4, -0.2) is 35.1 Å². The van der Waals surface area contributed by atoms with E-state index in [1.54, 1.807) is 18.6 Å². The summed E-state index contributed by atoms with van der Waals surface area (Å²) in [5.74, 6) is 0.191. The van der Waals surface area contributed by atoms with Crippen LogP contribution in [0.3, 0.4) is 0 Å². The van der Waals surface area contributed by atoms with Gasteiger partial charge in [-0.15, -0.1) is 0 Å². The number of pyridine rings is 2. The Bertz CT molecular complexity index is 974. The molecule has 3 aromatic rings. The highest BCUT2D eigenvalue weighted by molar-refractivity contribution is 6.00. The van der Waals surface area contributed by atoms with Gasteiger partial charge in [0.15, 0.2) is 0 Å². The van der Waals surface area contributed by atoms with Gasteiger partial charge in [0.2, 0.25) is 5.88 Å². The Balaban J connectivity index is 1.54. The van der Waals surface area contributed by atoms with E-state index in [4.69, 9.17) is 10.5 Å². The van der Waals surface area contributed by atoms with Crippen molar-refractivity contribution in [2.75, 3.05) is 18.0 Å². The van der Waals surface area contributed by atoms with E-state index in [0.717, 1.165) is 35.3 Å². The predicted molar refractivity (Wildman–Crippen MR) is 108 cm³/mol. The highest BCUT2D eigenvalue weighted by Gasteiger charge is 2.27. The van der Waals surface area contributed by atoms with Gasteiger partial charge in [-0.2, -0.15) is 0 Å². The zero-order chi connectivity index (χ0) is 19.5. The second kappa shape index (κ2) is 7.68. The molecule has 1 aliphatic heterocycles. The molecule has 0 bridgehead atoms. The summed E-state index contributed by atoms with van der Waals surface area (Å²) in [5.41, 5.74) is 10.1. The minimum atomic E-state index is -0.435. The van der Waals surface area contributed by atoms with Gasteiger partial charge in [-0.25, -0.2) is 4.98 Å². The molecule has 1 aromatic carbocycles. The van der Waals surface area contributed by atoms with Crippen molar-refractivity contribution in [1.29, 1.82) is 0 Å². The van der Waals surface area contributed by atoms with Gasteiger partial charge in [-0.3, -0.25) is 9.78 Å². The third-order valence-electron chi connectivity index (χ3n) is 4.93. The first-order chi connectivity index (χ1) is 13.6. The lowest BCUT2D eigenvalue weighted by atomic mass is 10.0. The smallest absolute Gasteiger partial charge is 0.250 e. The summed E-state index contributed by atoms with van der Waals surface area (Å²) in [7, 11) is 0. The summed E-state index contributed by atoms with van der Waals surface area (Å²) in [6.45, 7) is 3.48. The van der Waals surface area contributed by atoms with Gasteiger partial charge in [-0.1, -0.05) is 12.1 Å². The maximum atomic E-state index is 12.1. The number of carbonyl (C=O) groups excluding carboxylic acids is 1. The highest BCUT2D eigenvalue weighted by Crippen LogP contribution is 2.30. The Morgan fingerprint density at radius 1 is 1.14 bits per heavy atom. The van der Waals surface area contributed by atoms with Crippen LogP contribution in [0.25, 0.3) is 11.1 Å². The largest absolute Gasteiger partial charge is 0.472 e. The minimum Gasteiger partial charge on any atom is -0.472 e. The molecule has 0 radical (unpaired) electrons. The van der Waals surface area contributed by atoms with Crippen LogP contribution in [0.15, 0.2) is 61.1 Å². The van der Waals surface area contributed by atoms with Crippen molar-refractivity contribution >= 4 is 11.6 Å². The molecule has 1 fully saturated rings. The number of aryl methyl sites for hydroxylation is 1. The van der Waals surface area contributed by atoms with Crippen LogP contribution in [0.4, 0.5) is 5.69 Å². The summed E-state index contributed by atoms with van der Waals surface area (Å²) in [4.78, 5) is 22.6. The highest BCUT2D eigenvalue weighted by atomic mass is 16.5. The maximum absolute atomic E-state index is 12.1. The molecular weight excluding hydrogens is 352 g/mol. The van der Waals surface area contributed by atoms with Crippen molar-refractivity contribution < 1.29 is 9.53 Å². The molecule has 142 valence electrons. The van der Waals surface area contributed by atoms with Crippen molar-refractivity contribution in [2.45, 2.75) is 19.4 Å². The molecule has 0 spiro atoms. The molecule has 0 aliphatic carbocycles. The number of benzene rings is 1. The predicted octanol–water partition coefficient (Wildman–Crippen LogP) is 3.21. The standard InChI is InChI=1S/C22H22N4O2/c1-15-2-5-21(25-13-15)28-18-8-11-26(14-18)20-4-3-17(12-19(20)22(23)27)16-6-9-24-10-7-16/h2-7,9-10,12-13,18H,8,11,14H2,1H3,(H2,23,27)/t18-/m0/s1. The van der Waals surface area contributed by atoms with E-state index in [9.17, 15) is 4.79 Å². The van der Waals surface area contributed by atoms with Gasteiger partial charge in [0.1, 0.15) is 6.10 Å². The average molecular weight is 374 g/mol. The number of primary amides is 1. The number of rotatable bonds is 5. The van der Waals surface area contributed by atoms with E-state index in [0.29, 0.717) is 18.0 Å². The second-order valence-electron chi connectivity index (χ2n) is 6.98. The topological polar surface area (TPSA) is 81.3 Å². The number of carbonyl (C=O) groups is 1. The molecule has 2 N–H and O–H groups in total. The number of amides is 1. The lowest BCUT2D eigenvalue weighted by Crippen LogP contribution is -2.27. The number of nitrogens with zero attached hydrogens (tertiary/aromatic N) is 3. The van der Waals surface area contributed by atoms with E-state index < -0.39 is 5.91 Å². The fraction of sp³-hybridized carbons (Fsp3) is 0.227. The van der Waals surface area contributed by atoms with Crippen LogP contribution in [0, 0.1) is 6.92 Å². The number of hydrogen-bond donors (Lipinski definition) is 1. The third kappa shape index (κ3) is 3.81. The monoisotopic (exact) mass is 374 g/mol. The molecule has 28 heavy (non-hydrogen) atoms. The fourth-order valence-corrected chi connectivity index (χ4v) is 3.47. The summed E-state index contributed by atoms with van der Waals surface area (Å²) < 4.78 is 6.00. The summed E-state index contributed by atoms with van der Waals surface area (Å²) in [5, 5.41) is 0. The molecule has 0 saturated carbocycles. The van der Waals surface area contributed by atoms with Gasteiger partial charge in [0.05, 0.1) is 12.1 Å². The molecule has 1 amide bonds. The second-order valence-corrected chi connectivity index (χ2v) is 6.98. The molecule has 2 aromatic heterocycles. The minimum absolute atomic E-state index is 0.0239. The number of hydrogen-bond acceptors (Lipinski definition) is 5. The van der Waals surface area contributed by atoms with Crippen molar-refractivity contribution in [3.63, 3.8) is 0 Å².